The first-order valence-corrected chi connectivity index (χ1v) is 5.98. The lowest BCUT2D eigenvalue weighted by molar-refractivity contribution is 1.14. The first-order valence-electron chi connectivity index (χ1n) is 5.10. The Bertz CT molecular complexity index is 499. The van der Waals surface area contributed by atoms with E-state index < -0.39 is 0 Å². The Morgan fingerprint density at radius 1 is 1.38 bits per heavy atom. The lowest BCUT2D eigenvalue weighted by Crippen LogP contribution is -2.11. The van der Waals surface area contributed by atoms with Gasteiger partial charge >= 0.3 is 0 Å². The molecule has 0 aliphatic carbocycles. The van der Waals surface area contributed by atoms with Gasteiger partial charge in [0.1, 0.15) is 16.5 Å². The maximum atomic E-state index is 7.30. The average Bonchev–Trinajstić information content (AvgIpc) is 2.78. The second kappa shape index (κ2) is 4.45. The molecule has 0 atom stereocenters. The molecule has 0 fully saturated rings. The van der Waals surface area contributed by atoms with Crippen LogP contribution in [0.1, 0.15) is 18.2 Å². The first-order chi connectivity index (χ1) is 7.70. The molecular weight excluding hydrogens is 218 g/mol. The van der Waals surface area contributed by atoms with Crippen molar-refractivity contribution >= 4 is 17.2 Å². The second-order valence-corrected chi connectivity index (χ2v) is 4.36. The van der Waals surface area contributed by atoms with Crippen LogP contribution in [-0.2, 0) is 6.42 Å². The minimum atomic E-state index is 0.0210. The summed E-state index contributed by atoms with van der Waals surface area (Å²) in [5.74, 6) is 0.0210. The smallest absolute Gasteiger partial charge is 0.142 e. The number of hydrogen-bond acceptors (Lipinski definition) is 3. The average molecular weight is 231 g/mol. The number of benzene rings is 1. The molecule has 0 unspecified atom stereocenters. The molecular formula is C12H13N3S. The molecule has 0 bridgehead atoms. The monoisotopic (exact) mass is 231 g/mol. The Morgan fingerprint density at radius 3 is 2.56 bits per heavy atom. The van der Waals surface area contributed by atoms with Crippen molar-refractivity contribution in [2.24, 2.45) is 5.73 Å². The standard InChI is InChI=1S/C12H13N3S/c1-2-8-3-5-9(6-4-8)12-15-10(7-16-12)11(13)14/h3-7H,2H2,1H3,(H3,13,14). The maximum absolute atomic E-state index is 7.30. The van der Waals surface area contributed by atoms with Crippen molar-refractivity contribution in [2.75, 3.05) is 0 Å². The van der Waals surface area contributed by atoms with Gasteiger partial charge in [0.15, 0.2) is 0 Å². The molecule has 2 rings (SSSR count). The topological polar surface area (TPSA) is 62.8 Å². The number of hydrogen-bond donors (Lipinski definition) is 2. The summed E-state index contributed by atoms with van der Waals surface area (Å²) < 4.78 is 0. The predicted molar refractivity (Wildman–Crippen MR) is 67.9 cm³/mol. The van der Waals surface area contributed by atoms with E-state index in [1.165, 1.54) is 16.9 Å². The van der Waals surface area contributed by atoms with Crippen LogP contribution in [0, 0.1) is 5.41 Å². The molecule has 3 N–H and O–H groups in total. The summed E-state index contributed by atoms with van der Waals surface area (Å²) in [6, 6.07) is 8.32. The van der Waals surface area contributed by atoms with E-state index in [4.69, 9.17) is 11.1 Å². The number of rotatable bonds is 3. The van der Waals surface area contributed by atoms with Gasteiger partial charge in [0.2, 0.25) is 0 Å². The van der Waals surface area contributed by atoms with Gasteiger partial charge in [0, 0.05) is 10.9 Å². The highest BCUT2D eigenvalue weighted by atomic mass is 32.1. The van der Waals surface area contributed by atoms with Gasteiger partial charge in [-0.25, -0.2) is 4.98 Å². The van der Waals surface area contributed by atoms with Crippen LogP contribution in [0.4, 0.5) is 0 Å². The molecule has 16 heavy (non-hydrogen) atoms. The zero-order chi connectivity index (χ0) is 11.5. The highest BCUT2D eigenvalue weighted by molar-refractivity contribution is 7.13. The van der Waals surface area contributed by atoms with Crippen LogP contribution in [0.25, 0.3) is 10.6 Å². The van der Waals surface area contributed by atoms with Gasteiger partial charge in [-0.2, -0.15) is 0 Å². The van der Waals surface area contributed by atoms with Gasteiger partial charge in [-0.15, -0.1) is 11.3 Å². The number of nitrogens with two attached hydrogens (primary N) is 1. The summed E-state index contributed by atoms with van der Waals surface area (Å²) in [7, 11) is 0. The van der Waals surface area contributed by atoms with Crippen LogP contribution in [0.5, 0.6) is 0 Å². The van der Waals surface area contributed by atoms with Crippen LogP contribution < -0.4 is 5.73 Å². The fourth-order valence-electron chi connectivity index (χ4n) is 1.41. The number of thiazole rings is 1. The van der Waals surface area contributed by atoms with Crippen LogP contribution in [0.3, 0.4) is 0 Å². The summed E-state index contributed by atoms with van der Waals surface area (Å²) >= 11 is 1.51. The molecule has 0 radical (unpaired) electrons. The molecule has 1 aromatic heterocycles. The van der Waals surface area contributed by atoms with Crippen molar-refractivity contribution in [3.63, 3.8) is 0 Å². The SMILES string of the molecule is CCc1ccc(-c2nc(C(=N)N)cs2)cc1. The zero-order valence-corrected chi connectivity index (χ0v) is 9.84. The van der Waals surface area contributed by atoms with E-state index in [2.05, 4.69) is 36.2 Å². The van der Waals surface area contributed by atoms with E-state index >= 15 is 0 Å². The van der Waals surface area contributed by atoms with E-state index in [0.29, 0.717) is 5.69 Å². The maximum Gasteiger partial charge on any atom is 0.142 e. The lowest BCUT2D eigenvalue weighted by Gasteiger charge is -1.98. The van der Waals surface area contributed by atoms with Crippen molar-refractivity contribution in [3.05, 3.63) is 40.9 Å². The van der Waals surface area contributed by atoms with E-state index in [9.17, 15) is 0 Å². The van der Waals surface area contributed by atoms with Gasteiger partial charge in [-0.1, -0.05) is 31.2 Å². The quantitative estimate of drug-likeness (QED) is 0.630. The zero-order valence-electron chi connectivity index (χ0n) is 9.03. The van der Waals surface area contributed by atoms with Crippen LogP contribution >= 0.6 is 11.3 Å². The first kappa shape index (κ1) is 10.8. The van der Waals surface area contributed by atoms with Gasteiger partial charge in [-0.3, -0.25) is 5.41 Å². The number of nitrogens with zero attached hydrogens (tertiary/aromatic N) is 1. The van der Waals surface area contributed by atoms with Gasteiger partial charge < -0.3 is 5.73 Å². The molecule has 0 amide bonds. The van der Waals surface area contributed by atoms with Crippen molar-refractivity contribution in [1.29, 1.82) is 5.41 Å². The minimum Gasteiger partial charge on any atom is -0.382 e. The molecule has 0 spiro atoms. The number of nitrogen functional groups attached to an aromatic ring is 1. The molecule has 1 aromatic carbocycles. The van der Waals surface area contributed by atoms with Gasteiger partial charge in [-0.05, 0) is 12.0 Å². The molecule has 0 saturated heterocycles. The summed E-state index contributed by atoms with van der Waals surface area (Å²) in [6.07, 6.45) is 1.04. The van der Waals surface area contributed by atoms with Crippen molar-refractivity contribution in [1.82, 2.24) is 4.98 Å². The Morgan fingerprint density at radius 2 is 2.06 bits per heavy atom. The summed E-state index contributed by atoms with van der Waals surface area (Å²) in [4.78, 5) is 4.30. The number of amidine groups is 1. The molecule has 3 nitrogen and oxygen atoms in total. The lowest BCUT2D eigenvalue weighted by atomic mass is 10.1. The molecule has 82 valence electrons. The third-order valence-corrected chi connectivity index (χ3v) is 3.28. The summed E-state index contributed by atoms with van der Waals surface area (Å²) in [5, 5.41) is 10.0. The van der Waals surface area contributed by atoms with Crippen LogP contribution in [0.15, 0.2) is 29.6 Å². The van der Waals surface area contributed by atoms with E-state index in [1.807, 2.05) is 5.38 Å². The number of aromatic nitrogens is 1. The van der Waals surface area contributed by atoms with Gasteiger partial charge in [0.25, 0.3) is 0 Å². The summed E-state index contributed by atoms with van der Waals surface area (Å²) in [6.45, 7) is 2.13. The number of nitrogens with one attached hydrogen (secondary N) is 1. The van der Waals surface area contributed by atoms with Crippen molar-refractivity contribution in [3.8, 4) is 10.6 Å². The molecule has 2 aromatic rings. The fourth-order valence-corrected chi connectivity index (χ4v) is 2.24. The predicted octanol–water partition coefficient (Wildman–Crippen LogP) is 2.66. The fraction of sp³-hybridized carbons (Fsp3) is 0.167. The Balaban J connectivity index is 2.31. The highest BCUT2D eigenvalue weighted by Gasteiger charge is 2.06. The third kappa shape index (κ3) is 2.12. The molecule has 4 heteroatoms. The Labute approximate surface area is 98.5 Å². The van der Waals surface area contributed by atoms with Crippen LogP contribution in [-0.4, -0.2) is 10.8 Å². The normalized spacial score (nSPS) is 10.3. The van der Waals surface area contributed by atoms with Crippen molar-refractivity contribution in [2.45, 2.75) is 13.3 Å². The van der Waals surface area contributed by atoms with Gasteiger partial charge in [0.05, 0.1) is 0 Å². The Hall–Kier alpha value is -1.68. The third-order valence-electron chi connectivity index (χ3n) is 2.39. The van der Waals surface area contributed by atoms with E-state index in [-0.39, 0.29) is 5.84 Å². The molecule has 0 aliphatic heterocycles. The molecule has 0 aliphatic rings. The molecule has 1 heterocycles. The Kier molecular flexibility index (Phi) is 3.01. The van der Waals surface area contributed by atoms with E-state index in [1.54, 1.807) is 0 Å². The molecule has 0 saturated carbocycles. The minimum absolute atomic E-state index is 0.0210. The van der Waals surface area contributed by atoms with E-state index in [0.717, 1.165) is 17.0 Å². The summed E-state index contributed by atoms with van der Waals surface area (Å²) in [5.41, 5.74) is 8.32. The van der Waals surface area contributed by atoms with Crippen molar-refractivity contribution < 1.29 is 0 Å². The second-order valence-electron chi connectivity index (χ2n) is 3.50. The number of aryl methyl sites for hydroxylation is 1. The largest absolute Gasteiger partial charge is 0.382 e. The van der Waals surface area contributed by atoms with Crippen LogP contribution in [0.2, 0.25) is 0 Å². The highest BCUT2D eigenvalue weighted by Crippen LogP contribution is 2.23.